The van der Waals surface area contributed by atoms with E-state index in [4.69, 9.17) is 18.9 Å². The van der Waals surface area contributed by atoms with Gasteiger partial charge in [0.15, 0.2) is 5.76 Å². The number of ether oxygens (including phenoxy) is 4. The van der Waals surface area contributed by atoms with Crippen LogP contribution in [0.1, 0.15) is 41.0 Å². The van der Waals surface area contributed by atoms with Gasteiger partial charge in [0.2, 0.25) is 17.5 Å². The lowest BCUT2D eigenvalue weighted by Gasteiger charge is -2.65. The smallest absolute Gasteiger partial charge is 0.348 e. The van der Waals surface area contributed by atoms with Gasteiger partial charge in [0.1, 0.15) is 12.2 Å². The number of ketones is 1. The van der Waals surface area contributed by atoms with Crippen LogP contribution in [0.2, 0.25) is 0 Å². The van der Waals surface area contributed by atoms with Crippen molar-refractivity contribution in [1.29, 1.82) is 0 Å². The number of carbonyl (C=O) groups excluding carboxylic acids is 4. The number of allylic oxidation sites excluding steroid dienone is 3. The highest BCUT2D eigenvalue weighted by atomic mass is 16.6. The second-order valence-electron chi connectivity index (χ2n) is 11.9. The molecule has 1 spiro atoms. The molecule has 4 fully saturated rings. The van der Waals surface area contributed by atoms with Crippen LogP contribution in [0.4, 0.5) is 0 Å². The van der Waals surface area contributed by atoms with Crippen LogP contribution in [0.15, 0.2) is 34.1 Å². The van der Waals surface area contributed by atoms with Gasteiger partial charge in [-0.05, 0) is 39.3 Å². The van der Waals surface area contributed by atoms with Crippen molar-refractivity contribution < 1.29 is 58.6 Å². The van der Waals surface area contributed by atoms with Gasteiger partial charge in [-0.2, -0.15) is 0 Å². The van der Waals surface area contributed by atoms with E-state index in [9.17, 15) is 39.6 Å². The molecule has 2 saturated carbocycles. The average molecular weight is 563 g/mol. The number of rotatable bonds is 4. The molecule has 0 amide bonds. The van der Waals surface area contributed by atoms with Gasteiger partial charge in [0, 0.05) is 28.7 Å². The first-order valence-electron chi connectivity index (χ1n) is 13.1. The highest BCUT2D eigenvalue weighted by Gasteiger charge is 2.84. The summed E-state index contributed by atoms with van der Waals surface area (Å²) in [6, 6.07) is 0. The fraction of sp³-hybridized carbons (Fsp3) is 0.643. The zero-order chi connectivity index (χ0) is 29.7. The summed E-state index contributed by atoms with van der Waals surface area (Å²) in [6.07, 6.45) is -6.38. The molecule has 12 nitrogen and oxygen atoms in total. The molecule has 12 heteroatoms. The summed E-state index contributed by atoms with van der Waals surface area (Å²) < 4.78 is 22.6. The predicted octanol–water partition coefficient (Wildman–Crippen LogP) is 0.188. The van der Waals surface area contributed by atoms with Crippen molar-refractivity contribution in [2.75, 3.05) is 13.7 Å². The Labute approximate surface area is 230 Å². The molecule has 2 saturated heterocycles. The Morgan fingerprint density at radius 2 is 1.82 bits per heavy atom. The van der Waals surface area contributed by atoms with Crippen LogP contribution in [-0.2, 0) is 38.1 Å². The maximum absolute atomic E-state index is 13.6. The van der Waals surface area contributed by atoms with Gasteiger partial charge in [0.05, 0.1) is 37.4 Å². The molecule has 218 valence electrons. The Balaban J connectivity index is 1.75. The topological polar surface area (TPSA) is 186 Å². The highest BCUT2D eigenvalue weighted by molar-refractivity contribution is 6.08. The van der Waals surface area contributed by atoms with Crippen LogP contribution in [0.5, 0.6) is 0 Å². The number of methoxy groups -OCH3 is 1. The Morgan fingerprint density at radius 1 is 1.18 bits per heavy atom. The van der Waals surface area contributed by atoms with E-state index in [0.29, 0.717) is 11.1 Å². The zero-order valence-electron chi connectivity index (χ0n) is 23.1. The van der Waals surface area contributed by atoms with Gasteiger partial charge in [-0.3, -0.25) is 4.79 Å². The van der Waals surface area contributed by atoms with E-state index >= 15 is 0 Å². The van der Waals surface area contributed by atoms with Gasteiger partial charge in [-0.15, -0.1) is 0 Å². The lowest BCUT2D eigenvalue weighted by atomic mass is 9.40. The molecule has 0 aromatic carbocycles. The van der Waals surface area contributed by atoms with Crippen molar-refractivity contribution in [3.05, 3.63) is 34.1 Å². The Hall–Kier alpha value is -3.06. The number of aliphatic hydroxyl groups is 4. The third-order valence-corrected chi connectivity index (χ3v) is 9.74. The van der Waals surface area contributed by atoms with Gasteiger partial charge >= 0.3 is 17.9 Å². The summed E-state index contributed by atoms with van der Waals surface area (Å²) in [5, 5.41) is 44.0. The molecule has 0 unspecified atom stereocenters. The largest absolute Gasteiger partial charge is 0.504 e. The summed E-state index contributed by atoms with van der Waals surface area (Å²) in [4.78, 5) is 53.0. The molecule has 40 heavy (non-hydrogen) atoms. The molecule has 4 N–H and O–H groups in total. The second-order valence-corrected chi connectivity index (χ2v) is 11.9. The van der Waals surface area contributed by atoms with E-state index in [0.717, 1.165) is 7.11 Å². The van der Waals surface area contributed by atoms with Gasteiger partial charge in [-0.25, -0.2) is 14.4 Å². The third kappa shape index (κ3) is 3.27. The average Bonchev–Trinajstić information content (AvgIpc) is 3.17. The van der Waals surface area contributed by atoms with Crippen molar-refractivity contribution in [2.24, 2.45) is 22.7 Å². The first-order valence-corrected chi connectivity index (χ1v) is 13.1. The van der Waals surface area contributed by atoms with E-state index in [1.807, 2.05) is 0 Å². The number of aliphatic hydroxyl groups excluding tert-OH is 4. The lowest BCUT2D eigenvalue weighted by Crippen LogP contribution is -2.78. The lowest BCUT2D eigenvalue weighted by molar-refractivity contribution is -0.272. The third-order valence-electron chi connectivity index (χ3n) is 9.74. The molecule has 2 bridgehead atoms. The quantitative estimate of drug-likeness (QED) is 0.207. The van der Waals surface area contributed by atoms with Crippen molar-refractivity contribution in [3.8, 4) is 0 Å². The van der Waals surface area contributed by atoms with E-state index in [1.165, 1.54) is 19.9 Å². The fourth-order valence-corrected chi connectivity index (χ4v) is 8.29. The maximum Gasteiger partial charge on any atom is 0.348 e. The number of Topliss-reactive ketones (excluding diaryl/α,β-unsaturated/α-hetero) is 1. The maximum atomic E-state index is 13.6. The number of fused-ring (bicyclic) bond motifs is 2. The monoisotopic (exact) mass is 562 g/mol. The number of hydrogen-bond donors (Lipinski definition) is 4. The molecule has 5 aliphatic rings. The summed E-state index contributed by atoms with van der Waals surface area (Å²) in [7, 11) is 1.06. The standard InChI is InChI=1S/C28H34O12/c1-10(2)16(12(4)29)23(34)40-19-21-27-9-38-28(21,25(36)37-6)22(33)18(32)20(27)26(5)8-14(30)17(31)11(3)13(26)7-15(27)39-24(19)35/h8,12,15,18-22,29-30,32-33H,7,9H2,1-6H3/t12-,15+,18+,19+,20+,21+,22-,26-,27+,28-/m0/s1. The minimum atomic E-state index is -2.31. The van der Waals surface area contributed by atoms with Crippen LogP contribution in [0.25, 0.3) is 0 Å². The molecule has 10 atom stereocenters. The molecular weight excluding hydrogens is 528 g/mol. The highest BCUT2D eigenvalue weighted by Crippen LogP contribution is 2.71. The van der Waals surface area contributed by atoms with Crippen LogP contribution in [-0.4, -0.2) is 94.0 Å². The van der Waals surface area contributed by atoms with Gasteiger partial charge < -0.3 is 39.4 Å². The van der Waals surface area contributed by atoms with Crippen LogP contribution in [0.3, 0.4) is 0 Å². The van der Waals surface area contributed by atoms with Crippen molar-refractivity contribution in [1.82, 2.24) is 0 Å². The Bertz CT molecular complexity index is 1300. The van der Waals surface area contributed by atoms with Crippen molar-refractivity contribution >= 4 is 23.7 Å². The van der Waals surface area contributed by atoms with Gasteiger partial charge in [0.25, 0.3) is 0 Å². The number of esters is 3. The van der Waals surface area contributed by atoms with Crippen molar-refractivity contribution in [2.45, 2.75) is 77.2 Å². The normalized spacial score (nSPS) is 42.2. The van der Waals surface area contributed by atoms with E-state index in [-0.39, 0.29) is 24.2 Å². The molecule has 2 aliphatic heterocycles. The van der Waals surface area contributed by atoms with Crippen LogP contribution < -0.4 is 0 Å². The summed E-state index contributed by atoms with van der Waals surface area (Å²) in [5.74, 6) is -6.71. The van der Waals surface area contributed by atoms with E-state index in [1.54, 1.807) is 20.8 Å². The minimum absolute atomic E-state index is 0.00752. The van der Waals surface area contributed by atoms with Gasteiger partial charge in [-0.1, -0.05) is 12.5 Å². The fourth-order valence-electron chi connectivity index (χ4n) is 8.29. The molecule has 2 heterocycles. The van der Waals surface area contributed by atoms with E-state index in [2.05, 4.69) is 0 Å². The zero-order valence-corrected chi connectivity index (χ0v) is 23.1. The van der Waals surface area contributed by atoms with E-state index < -0.39 is 88.2 Å². The Morgan fingerprint density at radius 3 is 2.40 bits per heavy atom. The minimum Gasteiger partial charge on any atom is -0.504 e. The molecule has 0 aromatic rings. The summed E-state index contributed by atoms with van der Waals surface area (Å²) >= 11 is 0. The summed E-state index contributed by atoms with van der Waals surface area (Å²) in [6.45, 7) is 7.44. The van der Waals surface area contributed by atoms with Crippen molar-refractivity contribution in [3.63, 3.8) is 0 Å². The first kappa shape index (κ1) is 28.5. The van der Waals surface area contributed by atoms with Crippen LogP contribution >= 0.6 is 0 Å². The first-order chi connectivity index (χ1) is 18.6. The molecule has 0 aromatic heterocycles. The SMILES string of the molecule is COC(=O)[C@@]12OC[C@@]34[C@@H](CC5=C(C)C(=O)C(O)=C[C@]5(C)[C@H]3[C@@H](O)[C@@H]1O)OC(=O)[C@H](OC(=O)C(=C(C)C)[C@H](C)O)[C@@H]24. The predicted molar refractivity (Wildman–Crippen MR) is 133 cm³/mol. The Kier molecular flexibility index (Phi) is 6.38. The number of hydrogen-bond acceptors (Lipinski definition) is 12. The summed E-state index contributed by atoms with van der Waals surface area (Å²) in [5.41, 5.74) is -3.92. The molecular formula is C28H34O12. The molecule has 0 radical (unpaired) electrons. The number of carbonyl (C=O) groups is 4. The van der Waals surface area contributed by atoms with Crippen LogP contribution in [0, 0.1) is 22.7 Å². The molecule has 3 aliphatic carbocycles. The molecule has 5 rings (SSSR count). The second kappa shape index (κ2) is 8.97.